The number of hydrogen-bond acceptors (Lipinski definition) is 3. The molecule has 0 saturated heterocycles. The van der Waals surface area contributed by atoms with Crippen LogP contribution in [0, 0.1) is 23.0 Å². The average molecular weight is 284 g/mol. The largest absolute Gasteiger partial charge is 0.310 e. The predicted molar refractivity (Wildman–Crippen MR) is 75.0 cm³/mol. The molecule has 1 rings (SSSR count). The Labute approximate surface area is 117 Å². The minimum Gasteiger partial charge on any atom is -0.310 e. The zero-order chi connectivity index (χ0) is 14.3. The Morgan fingerprint density at radius 3 is 2.53 bits per heavy atom. The quantitative estimate of drug-likeness (QED) is 0.779. The van der Waals surface area contributed by atoms with Crippen LogP contribution in [0.1, 0.15) is 31.4 Å². The number of benzene rings is 1. The Hall–Kier alpha value is -1.12. The Bertz CT molecular complexity index is 434. The van der Waals surface area contributed by atoms with Gasteiger partial charge in [-0.1, -0.05) is 6.92 Å². The highest BCUT2D eigenvalue weighted by atomic mass is 32.2. The van der Waals surface area contributed by atoms with Gasteiger partial charge < -0.3 is 5.32 Å². The molecule has 0 radical (unpaired) electrons. The molecular weight excluding hydrogens is 266 g/mol. The lowest BCUT2D eigenvalue weighted by Gasteiger charge is -2.14. The molecule has 0 aromatic heterocycles. The fourth-order valence-electron chi connectivity index (χ4n) is 1.62. The average Bonchev–Trinajstić information content (AvgIpc) is 2.37. The molecule has 1 aromatic carbocycles. The van der Waals surface area contributed by atoms with Crippen LogP contribution >= 0.6 is 11.8 Å². The first-order valence-electron chi connectivity index (χ1n) is 6.27. The molecule has 104 valence electrons. The van der Waals surface area contributed by atoms with Gasteiger partial charge in [0, 0.05) is 18.2 Å². The molecule has 0 aliphatic carbocycles. The molecule has 0 bridgehead atoms. The van der Waals surface area contributed by atoms with E-state index in [-0.39, 0.29) is 23.7 Å². The van der Waals surface area contributed by atoms with Crippen LogP contribution in [0.15, 0.2) is 12.1 Å². The van der Waals surface area contributed by atoms with Gasteiger partial charge in [0.15, 0.2) is 0 Å². The maximum atomic E-state index is 13.6. The third kappa shape index (κ3) is 5.17. The van der Waals surface area contributed by atoms with E-state index in [1.165, 1.54) is 0 Å². The number of rotatable bonds is 7. The molecule has 1 unspecified atom stereocenters. The topological polar surface area (TPSA) is 35.8 Å². The van der Waals surface area contributed by atoms with E-state index in [0.717, 1.165) is 30.1 Å². The molecular formula is C14H18F2N2S. The zero-order valence-corrected chi connectivity index (χ0v) is 12.0. The van der Waals surface area contributed by atoms with E-state index < -0.39 is 11.6 Å². The number of thioether (sulfide) groups is 1. The van der Waals surface area contributed by atoms with Crippen LogP contribution in [0.4, 0.5) is 8.78 Å². The zero-order valence-electron chi connectivity index (χ0n) is 11.2. The van der Waals surface area contributed by atoms with Crippen molar-refractivity contribution < 1.29 is 8.78 Å². The second-order valence-corrected chi connectivity index (χ2v) is 5.69. The second kappa shape index (κ2) is 8.13. The first-order valence-corrected chi connectivity index (χ1v) is 7.43. The van der Waals surface area contributed by atoms with E-state index in [0.29, 0.717) is 0 Å². The Kier molecular flexibility index (Phi) is 6.82. The summed E-state index contributed by atoms with van der Waals surface area (Å²) in [6, 6.07) is 4.07. The maximum Gasteiger partial charge on any atom is 0.131 e. The van der Waals surface area contributed by atoms with Crippen LogP contribution in [-0.2, 0) is 6.54 Å². The van der Waals surface area contributed by atoms with Crippen molar-refractivity contribution in [3.05, 3.63) is 34.9 Å². The first-order chi connectivity index (χ1) is 9.08. The predicted octanol–water partition coefficient (Wildman–Crippen LogP) is 3.46. The molecule has 1 atom stereocenters. The smallest absolute Gasteiger partial charge is 0.131 e. The standard InChI is InChI=1S/C14H18F2N2S/c1-3-19-5-4-10(2)18-9-12-13(15)6-11(8-17)7-14(12)16/h6-7,10,18H,3-5,9H2,1-2H3. The molecule has 0 heterocycles. The lowest BCUT2D eigenvalue weighted by atomic mass is 10.1. The van der Waals surface area contributed by atoms with E-state index in [2.05, 4.69) is 12.2 Å². The first kappa shape index (κ1) is 15.9. The molecule has 0 amide bonds. The Morgan fingerprint density at radius 1 is 1.37 bits per heavy atom. The SMILES string of the molecule is CCSCCC(C)NCc1c(F)cc(C#N)cc1F. The van der Waals surface area contributed by atoms with Crippen LogP contribution in [0.2, 0.25) is 0 Å². The van der Waals surface area contributed by atoms with Gasteiger partial charge in [-0.25, -0.2) is 8.78 Å². The molecule has 2 nitrogen and oxygen atoms in total. The number of nitriles is 1. The molecule has 0 spiro atoms. The van der Waals surface area contributed by atoms with Gasteiger partial charge >= 0.3 is 0 Å². The summed E-state index contributed by atoms with van der Waals surface area (Å²) in [5, 5.41) is 11.7. The van der Waals surface area contributed by atoms with Crippen LogP contribution in [-0.4, -0.2) is 17.5 Å². The fourth-order valence-corrected chi connectivity index (χ4v) is 2.43. The van der Waals surface area contributed by atoms with Crippen molar-refractivity contribution in [2.75, 3.05) is 11.5 Å². The Morgan fingerprint density at radius 2 is 2.00 bits per heavy atom. The highest BCUT2D eigenvalue weighted by Crippen LogP contribution is 2.15. The van der Waals surface area contributed by atoms with Gasteiger partial charge in [-0.05, 0) is 37.0 Å². The molecule has 0 saturated carbocycles. The number of nitrogens with one attached hydrogen (secondary N) is 1. The van der Waals surface area contributed by atoms with Gasteiger partial charge in [0.1, 0.15) is 11.6 Å². The van der Waals surface area contributed by atoms with E-state index in [1.807, 2.05) is 18.7 Å². The van der Waals surface area contributed by atoms with Gasteiger partial charge in [0.2, 0.25) is 0 Å². The van der Waals surface area contributed by atoms with Crippen molar-refractivity contribution in [1.29, 1.82) is 5.26 Å². The van der Waals surface area contributed by atoms with Crippen molar-refractivity contribution in [2.45, 2.75) is 32.9 Å². The summed E-state index contributed by atoms with van der Waals surface area (Å²) in [5.74, 6) is 0.771. The van der Waals surface area contributed by atoms with E-state index in [9.17, 15) is 8.78 Å². The molecule has 0 aliphatic heterocycles. The summed E-state index contributed by atoms with van der Waals surface area (Å²) >= 11 is 1.85. The van der Waals surface area contributed by atoms with Gasteiger partial charge in [0.25, 0.3) is 0 Å². The van der Waals surface area contributed by atoms with Crippen LogP contribution in [0.3, 0.4) is 0 Å². The lowest BCUT2D eigenvalue weighted by Crippen LogP contribution is -2.27. The summed E-state index contributed by atoms with van der Waals surface area (Å²) in [6.45, 7) is 4.24. The van der Waals surface area contributed by atoms with Gasteiger partial charge in [-0.3, -0.25) is 0 Å². The molecule has 0 aliphatic rings. The van der Waals surface area contributed by atoms with Crippen LogP contribution < -0.4 is 5.32 Å². The lowest BCUT2D eigenvalue weighted by molar-refractivity contribution is 0.494. The summed E-state index contributed by atoms with van der Waals surface area (Å²) in [4.78, 5) is 0. The summed E-state index contributed by atoms with van der Waals surface area (Å²) in [6.07, 6.45) is 0.956. The van der Waals surface area contributed by atoms with Crippen molar-refractivity contribution >= 4 is 11.8 Å². The van der Waals surface area contributed by atoms with Crippen LogP contribution in [0.25, 0.3) is 0 Å². The summed E-state index contributed by atoms with van der Waals surface area (Å²) in [7, 11) is 0. The fraction of sp³-hybridized carbons (Fsp3) is 0.500. The molecule has 0 fully saturated rings. The van der Waals surface area contributed by atoms with Gasteiger partial charge in [0.05, 0.1) is 11.6 Å². The number of halogens is 2. The van der Waals surface area contributed by atoms with Gasteiger partial charge in [-0.2, -0.15) is 17.0 Å². The van der Waals surface area contributed by atoms with Gasteiger partial charge in [-0.15, -0.1) is 0 Å². The van der Waals surface area contributed by atoms with E-state index in [1.54, 1.807) is 6.07 Å². The third-order valence-electron chi connectivity index (χ3n) is 2.80. The van der Waals surface area contributed by atoms with Crippen molar-refractivity contribution in [3.8, 4) is 6.07 Å². The summed E-state index contributed by atoms with van der Waals surface area (Å²) < 4.78 is 27.2. The molecule has 1 N–H and O–H groups in total. The van der Waals surface area contributed by atoms with Crippen LogP contribution in [0.5, 0.6) is 0 Å². The molecule has 1 aromatic rings. The minimum absolute atomic E-state index is 0.00556. The second-order valence-electron chi connectivity index (χ2n) is 4.30. The maximum absolute atomic E-state index is 13.6. The molecule has 5 heteroatoms. The highest BCUT2D eigenvalue weighted by Gasteiger charge is 2.12. The normalized spacial score (nSPS) is 12.2. The third-order valence-corrected chi connectivity index (χ3v) is 3.73. The minimum atomic E-state index is -0.667. The number of hydrogen-bond donors (Lipinski definition) is 1. The number of nitrogens with zero attached hydrogens (tertiary/aromatic N) is 1. The molecule has 19 heavy (non-hydrogen) atoms. The van der Waals surface area contributed by atoms with E-state index >= 15 is 0 Å². The highest BCUT2D eigenvalue weighted by molar-refractivity contribution is 7.99. The van der Waals surface area contributed by atoms with Crippen molar-refractivity contribution in [3.63, 3.8) is 0 Å². The van der Waals surface area contributed by atoms with Crippen molar-refractivity contribution in [2.24, 2.45) is 0 Å². The van der Waals surface area contributed by atoms with E-state index in [4.69, 9.17) is 5.26 Å². The summed E-state index contributed by atoms with van der Waals surface area (Å²) in [5.41, 5.74) is 0.000129. The van der Waals surface area contributed by atoms with Crippen molar-refractivity contribution in [1.82, 2.24) is 5.32 Å². The Balaban J connectivity index is 2.56. The monoisotopic (exact) mass is 284 g/mol.